The van der Waals surface area contributed by atoms with Crippen LogP contribution in [0.15, 0.2) is 17.2 Å². The molecule has 0 saturated carbocycles. The van der Waals surface area contributed by atoms with Crippen molar-refractivity contribution in [1.29, 1.82) is 10.5 Å². The van der Waals surface area contributed by atoms with Gasteiger partial charge in [0.2, 0.25) is 5.71 Å². The predicted octanol–water partition coefficient (Wildman–Crippen LogP) is 2.20. The van der Waals surface area contributed by atoms with Crippen LogP contribution in [0.2, 0.25) is 5.02 Å². The first-order valence-corrected chi connectivity index (χ1v) is 4.64. The van der Waals surface area contributed by atoms with Crippen LogP contribution in [0.5, 0.6) is 0 Å². The Morgan fingerprint density at radius 1 is 1.50 bits per heavy atom. The normalized spacial score (nSPS) is 8.89. The molecular formula is C9H3ClFN5O2. The van der Waals surface area contributed by atoms with Crippen LogP contribution in [0.1, 0.15) is 0 Å². The van der Waals surface area contributed by atoms with Gasteiger partial charge >= 0.3 is 0 Å². The minimum Gasteiger partial charge on any atom is -0.272 e. The van der Waals surface area contributed by atoms with Gasteiger partial charge in [-0.25, -0.2) is 4.39 Å². The lowest BCUT2D eigenvalue weighted by molar-refractivity contribution is -0.385. The highest BCUT2D eigenvalue weighted by Gasteiger charge is 2.15. The van der Waals surface area contributed by atoms with E-state index in [4.69, 9.17) is 22.1 Å². The van der Waals surface area contributed by atoms with E-state index in [-0.39, 0.29) is 10.7 Å². The molecule has 0 radical (unpaired) electrons. The van der Waals surface area contributed by atoms with Crippen LogP contribution < -0.4 is 5.43 Å². The number of benzene rings is 1. The lowest BCUT2D eigenvalue weighted by atomic mass is 10.3. The summed E-state index contributed by atoms with van der Waals surface area (Å²) in [6.07, 6.45) is 0. The molecule has 0 unspecified atom stereocenters. The fourth-order valence-electron chi connectivity index (χ4n) is 0.959. The number of nitriles is 2. The number of non-ortho nitro benzene ring substituents is 1. The van der Waals surface area contributed by atoms with E-state index in [1.807, 2.05) is 0 Å². The molecule has 0 fully saturated rings. The third kappa shape index (κ3) is 2.90. The molecule has 1 aromatic carbocycles. The monoisotopic (exact) mass is 267 g/mol. The number of nitrogens with zero attached hydrogens (tertiary/aromatic N) is 4. The largest absolute Gasteiger partial charge is 0.274 e. The summed E-state index contributed by atoms with van der Waals surface area (Å²) in [5, 5.41) is 30.2. The van der Waals surface area contributed by atoms with Gasteiger partial charge in [-0.3, -0.25) is 15.5 Å². The maximum Gasteiger partial charge on any atom is 0.274 e. The summed E-state index contributed by atoms with van der Waals surface area (Å²) >= 11 is 5.61. The highest BCUT2D eigenvalue weighted by atomic mass is 35.5. The van der Waals surface area contributed by atoms with Crippen molar-refractivity contribution >= 4 is 28.7 Å². The van der Waals surface area contributed by atoms with Gasteiger partial charge in [0.05, 0.1) is 16.0 Å². The summed E-state index contributed by atoms with van der Waals surface area (Å²) in [6.45, 7) is 0. The first-order valence-electron chi connectivity index (χ1n) is 4.27. The molecule has 0 atom stereocenters. The molecule has 0 aliphatic carbocycles. The van der Waals surface area contributed by atoms with Crippen molar-refractivity contribution in [3.63, 3.8) is 0 Å². The highest BCUT2D eigenvalue weighted by molar-refractivity contribution is 6.33. The molecule has 1 rings (SSSR count). The molecule has 0 amide bonds. The van der Waals surface area contributed by atoms with E-state index in [2.05, 4.69) is 10.5 Å². The fourth-order valence-corrected chi connectivity index (χ4v) is 1.20. The molecule has 0 bridgehead atoms. The van der Waals surface area contributed by atoms with Crippen molar-refractivity contribution in [2.45, 2.75) is 0 Å². The van der Waals surface area contributed by atoms with Crippen molar-refractivity contribution < 1.29 is 9.31 Å². The summed E-state index contributed by atoms with van der Waals surface area (Å²) in [6, 6.07) is 4.44. The van der Waals surface area contributed by atoms with Gasteiger partial charge in [0, 0.05) is 6.07 Å². The third-order valence-corrected chi connectivity index (χ3v) is 2.03. The SMILES string of the molecule is N#CC(C#N)=NNc1c(F)cc([N+](=O)[O-])cc1Cl. The Morgan fingerprint density at radius 3 is 2.56 bits per heavy atom. The quantitative estimate of drug-likeness (QED) is 0.512. The molecule has 18 heavy (non-hydrogen) atoms. The van der Waals surface area contributed by atoms with Crippen LogP contribution in [0.25, 0.3) is 0 Å². The Hall–Kier alpha value is -2.71. The molecule has 9 heteroatoms. The maximum absolute atomic E-state index is 13.4. The molecule has 90 valence electrons. The van der Waals surface area contributed by atoms with Gasteiger partial charge < -0.3 is 0 Å². The number of halogens is 2. The van der Waals surface area contributed by atoms with Crippen molar-refractivity contribution in [3.8, 4) is 12.1 Å². The zero-order valence-electron chi connectivity index (χ0n) is 8.52. The predicted molar refractivity (Wildman–Crippen MR) is 60.3 cm³/mol. The van der Waals surface area contributed by atoms with E-state index in [0.717, 1.165) is 6.07 Å². The summed E-state index contributed by atoms with van der Waals surface area (Å²) in [4.78, 5) is 9.61. The van der Waals surface area contributed by atoms with Crippen LogP contribution in [0.4, 0.5) is 15.8 Å². The first-order chi connectivity index (χ1) is 8.49. The second-order valence-corrected chi connectivity index (χ2v) is 3.24. The molecule has 0 aliphatic heterocycles. The van der Waals surface area contributed by atoms with E-state index in [0.29, 0.717) is 6.07 Å². The van der Waals surface area contributed by atoms with Gasteiger partial charge in [0.15, 0.2) is 5.82 Å². The number of hydrazone groups is 1. The standard InChI is InChI=1S/C9H3ClFN5O2/c10-7-1-6(16(17)18)2-8(11)9(7)15-14-5(3-12)4-13/h1-2,15H. The topological polar surface area (TPSA) is 115 Å². The Kier molecular flexibility index (Phi) is 4.13. The van der Waals surface area contributed by atoms with Gasteiger partial charge in [-0.15, -0.1) is 0 Å². The number of anilines is 1. The van der Waals surface area contributed by atoms with Crippen LogP contribution in [-0.4, -0.2) is 10.6 Å². The smallest absolute Gasteiger partial charge is 0.272 e. The number of nitro benzene ring substituents is 1. The Labute approximate surface area is 105 Å². The number of nitro groups is 1. The van der Waals surface area contributed by atoms with E-state index >= 15 is 0 Å². The third-order valence-electron chi connectivity index (χ3n) is 1.73. The summed E-state index contributed by atoms with van der Waals surface area (Å²) in [5.74, 6) is -1.02. The Morgan fingerprint density at radius 2 is 2.11 bits per heavy atom. The molecule has 0 aromatic heterocycles. The van der Waals surface area contributed by atoms with Crippen molar-refractivity contribution in [2.75, 3.05) is 5.43 Å². The lowest BCUT2D eigenvalue weighted by Gasteiger charge is -2.04. The molecular weight excluding hydrogens is 265 g/mol. The summed E-state index contributed by atoms with van der Waals surface area (Å²) < 4.78 is 13.4. The second kappa shape index (κ2) is 5.57. The number of hydrogen-bond donors (Lipinski definition) is 1. The molecule has 0 spiro atoms. The fraction of sp³-hybridized carbons (Fsp3) is 0. The number of rotatable bonds is 3. The number of nitrogens with one attached hydrogen (secondary N) is 1. The molecule has 1 N–H and O–H groups in total. The average Bonchev–Trinajstić information content (AvgIpc) is 2.32. The van der Waals surface area contributed by atoms with Crippen LogP contribution >= 0.6 is 11.6 Å². The van der Waals surface area contributed by atoms with Crippen molar-refractivity contribution in [1.82, 2.24) is 0 Å². The van der Waals surface area contributed by atoms with Crippen LogP contribution in [0.3, 0.4) is 0 Å². The zero-order chi connectivity index (χ0) is 13.7. The molecule has 0 heterocycles. The van der Waals surface area contributed by atoms with Crippen LogP contribution in [0, 0.1) is 38.6 Å². The Bertz CT molecular complexity index is 577. The summed E-state index contributed by atoms with van der Waals surface area (Å²) in [5.41, 5.74) is 0.648. The van der Waals surface area contributed by atoms with E-state index < -0.39 is 22.1 Å². The number of hydrogen-bond acceptors (Lipinski definition) is 6. The van der Waals surface area contributed by atoms with E-state index in [9.17, 15) is 14.5 Å². The van der Waals surface area contributed by atoms with Gasteiger partial charge in [-0.05, 0) is 0 Å². The van der Waals surface area contributed by atoms with E-state index in [1.165, 1.54) is 12.1 Å². The molecule has 0 aliphatic rings. The molecule has 7 nitrogen and oxygen atoms in total. The van der Waals surface area contributed by atoms with Crippen molar-refractivity contribution in [3.05, 3.63) is 33.1 Å². The lowest BCUT2D eigenvalue weighted by Crippen LogP contribution is -2.00. The zero-order valence-corrected chi connectivity index (χ0v) is 9.27. The van der Waals surface area contributed by atoms with Gasteiger partial charge in [0.1, 0.15) is 17.8 Å². The van der Waals surface area contributed by atoms with E-state index in [1.54, 1.807) is 0 Å². The average molecular weight is 268 g/mol. The summed E-state index contributed by atoms with van der Waals surface area (Å²) in [7, 11) is 0. The van der Waals surface area contributed by atoms with Crippen molar-refractivity contribution in [2.24, 2.45) is 5.10 Å². The van der Waals surface area contributed by atoms with Gasteiger partial charge in [-0.1, -0.05) is 11.6 Å². The van der Waals surface area contributed by atoms with Gasteiger partial charge in [-0.2, -0.15) is 15.6 Å². The molecule has 0 saturated heterocycles. The first kappa shape index (κ1) is 13.4. The minimum absolute atomic E-state index is 0.291. The minimum atomic E-state index is -1.02. The van der Waals surface area contributed by atoms with Crippen LogP contribution in [-0.2, 0) is 0 Å². The van der Waals surface area contributed by atoms with Gasteiger partial charge in [0.25, 0.3) is 5.69 Å². The second-order valence-electron chi connectivity index (χ2n) is 2.84. The highest BCUT2D eigenvalue weighted by Crippen LogP contribution is 2.30. The maximum atomic E-state index is 13.4. The molecule has 1 aromatic rings. The Balaban J connectivity index is 3.14.